The highest BCUT2D eigenvalue weighted by Gasteiger charge is 2.23. The molecule has 0 aliphatic carbocycles. The van der Waals surface area contributed by atoms with Gasteiger partial charge in [-0.2, -0.15) is 0 Å². The molecule has 1 rings (SSSR count). The van der Waals surface area contributed by atoms with Gasteiger partial charge in [-0.3, -0.25) is 4.79 Å². The lowest BCUT2D eigenvalue weighted by atomic mass is 9.97. The lowest BCUT2D eigenvalue weighted by Gasteiger charge is -2.32. The molecule has 4 N–H and O–H groups in total. The smallest absolute Gasteiger partial charge is 0.239 e. The third kappa shape index (κ3) is 2.67. The molecule has 13 heavy (non-hydrogen) atoms. The third-order valence-corrected chi connectivity index (χ3v) is 2.65. The molecule has 0 aromatic heterocycles. The van der Waals surface area contributed by atoms with Gasteiger partial charge in [-0.25, -0.2) is 0 Å². The molecular weight excluding hydrogens is 166 g/mol. The fourth-order valence-corrected chi connectivity index (χ4v) is 1.68. The van der Waals surface area contributed by atoms with Gasteiger partial charge in [0.05, 0.1) is 6.04 Å². The van der Waals surface area contributed by atoms with Crippen LogP contribution in [0.5, 0.6) is 0 Å². The molecule has 1 heterocycles. The van der Waals surface area contributed by atoms with Crippen LogP contribution in [0.2, 0.25) is 0 Å². The van der Waals surface area contributed by atoms with E-state index in [0.29, 0.717) is 5.92 Å². The van der Waals surface area contributed by atoms with Crippen molar-refractivity contribution in [1.82, 2.24) is 4.90 Å². The van der Waals surface area contributed by atoms with Crippen molar-refractivity contribution in [2.45, 2.75) is 25.8 Å². The van der Waals surface area contributed by atoms with Crippen molar-refractivity contribution in [2.75, 3.05) is 19.6 Å². The Morgan fingerprint density at radius 1 is 1.54 bits per heavy atom. The summed E-state index contributed by atoms with van der Waals surface area (Å²) in [5.41, 5.74) is 11.1. The zero-order chi connectivity index (χ0) is 9.84. The maximum Gasteiger partial charge on any atom is 0.239 e. The van der Waals surface area contributed by atoms with Crippen LogP contribution in [0.4, 0.5) is 0 Å². The molecule has 4 nitrogen and oxygen atoms in total. The van der Waals surface area contributed by atoms with Crippen LogP contribution in [-0.4, -0.2) is 36.5 Å². The van der Waals surface area contributed by atoms with Gasteiger partial charge in [-0.1, -0.05) is 0 Å². The Morgan fingerprint density at radius 2 is 2.08 bits per heavy atom. The topological polar surface area (TPSA) is 72.4 Å². The van der Waals surface area contributed by atoms with Crippen LogP contribution < -0.4 is 11.5 Å². The van der Waals surface area contributed by atoms with Crippen molar-refractivity contribution < 1.29 is 4.79 Å². The zero-order valence-corrected chi connectivity index (χ0v) is 8.20. The minimum Gasteiger partial charge on any atom is -0.341 e. The zero-order valence-electron chi connectivity index (χ0n) is 8.20. The Kier molecular flexibility index (Phi) is 3.69. The number of rotatable bonds is 2. The Labute approximate surface area is 79.3 Å². The highest BCUT2D eigenvalue weighted by atomic mass is 16.2. The molecule has 1 saturated heterocycles. The summed E-state index contributed by atoms with van der Waals surface area (Å²) >= 11 is 0. The number of nitrogens with two attached hydrogens (primary N) is 2. The second kappa shape index (κ2) is 4.58. The van der Waals surface area contributed by atoms with Gasteiger partial charge < -0.3 is 16.4 Å². The first kappa shape index (κ1) is 10.5. The number of nitrogens with zero attached hydrogens (tertiary/aromatic N) is 1. The van der Waals surface area contributed by atoms with Crippen LogP contribution in [0.1, 0.15) is 19.8 Å². The highest BCUT2D eigenvalue weighted by molar-refractivity contribution is 5.81. The lowest BCUT2D eigenvalue weighted by molar-refractivity contribution is -0.133. The van der Waals surface area contributed by atoms with E-state index in [4.69, 9.17) is 11.5 Å². The Bertz CT molecular complexity index is 174. The van der Waals surface area contributed by atoms with Gasteiger partial charge in [0.25, 0.3) is 0 Å². The molecule has 1 aliphatic rings. The van der Waals surface area contributed by atoms with Crippen LogP contribution in [0.25, 0.3) is 0 Å². The summed E-state index contributed by atoms with van der Waals surface area (Å²) in [5, 5.41) is 0. The third-order valence-electron chi connectivity index (χ3n) is 2.65. The van der Waals surface area contributed by atoms with Gasteiger partial charge in [0, 0.05) is 13.1 Å². The van der Waals surface area contributed by atoms with E-state index < -0.39 is 0 Å². The van der Waals surface area contributed by atoms with Crippen molar-refractivity contribution in [3.8, 4) is 0 Å². The fraction of sp³-hybridized carbons (Fsp3) is 0.889. The van der Waals surface area contributed by atoms with E-state index in [1.807, 2.05) is 4.90 Å². The number of piperidine rings is 1. The number of hydrogen-bond acceptors (Lipinski definition) is 3. The standard InChI is InChI=1S/C9H19N3O/c1-7(11)9(13)12-4-2-8(6-10)3-5-12/h7-8H,2-6,10-11H2,1H3. The highest BCUT2D eigenvalue weighted by Crippen LogP contribution is 2.15. The molecule has 0 aromatic rings. The van der Waals surface area contributed by atoms with E-state index in [1.165, 1.54) is 0 Å². The largest absolute Gasteiger partial charge is 0.341 e. The SMILES string of the molecule is CC(N)C(=O)N1CCC(CN)CC1. The van der Waals surface area contributed by atoms with Gasteiger partial charge in [0.2, 0.25) is 5.91 Å². The number of likely N-dealkylation sites (tertiary alicyclic amines) is 1. The molecule has 1 atom stereocenters. The van der Waals surface area contributed by atoms with Gasteiger partial charge in [-0.05, 0) is 32.2 Å². The maximum atomic E-state index is 11.5. The molecule has 1 aliphatic heterocycles. The van der Waals surface area contributed by atoms with Crippen molar-refractivity contribution in [1.29, 1.82) is 0 Å². The summed E-state index contributed by atoms with van der Waals surface area (Å²) in [6.45, 7) is 4.11. The summed E-state index contributed by atoms with van der Waals surface area (Å²) in [6, 6.07) is -0.366. The Balaban J connectivity index is 2.36. The van der Waals surface area contributed by atoms with Crippen LogP contribution in [0.3, 0.4) is 0 Å². The van der Waals surface area contributed by atoms with E-state index in [2.05, 4.69) is 0 Å². The van der Waals surface area contributed by atoms with Crippen molar-refractivity contribution >= 4 is 5.91 Å². The van der Waals surface area contributed by atoms with Gasteiger partial charge in [0.1, 0.15) is 0 Å². The van der Waals surface area contributed by atoms with Crippen molar-refractivity contribution in [3.63, 3.8) is 0 Å². The van der Waals surface area contributed by atoms with E-state index >= 15 is 0 Å². The van der Waals surface area contributed by atoms with Crippen molar-refractivity contribution in [3.05, 3.63) is 0 Å². The average Bonchev–Trinajstić information content (AvgIpc) is 2.17. The minimum atomic E-state index is -0.366. The molecule has 1 unspecified atom stereocenters. The molecular formula is C9H19N3O. The van der Waals surface area contributed by atoms with E-state index in [9.17, 15) is 4.79 Å². The van der Waals surface area contributed by atoms with Gasteiger partial charge >= 0.3 is 0 Å². The summed E-state index contributed by atoms with van der Waals surface area (Å²) in [5.74, 6) is 0.660. The first-order chi connectivity index (χ1) is 6.15. The molecule has 4 heteroatoms. The van der Waals surface area contributed by atoms with Crippen LogP contribution in [0.15, 0.2) is 0 Å². The number of carbonyl (C=O) groups excluding carboxylic acids is 1. The lowest BCUT2D eigenvalue weighted by Crippen LogP contribution is -2.46. The second-order valence-corrected chi connectivity index (χ2v) is 3.79. The Hall–Kier alpha value is -0.610. The Morgan fingerprint density at radius 3 is 2.46 bits per heavy atom. The second-order valence-electron chi connectivity index (χ2n) is 3.79. The number of hydrogen-bond donors (Lipinski definition) is 2. The molecule has 0 saturated carbocycles. The predicted molar refractivity (Wildman–Crippen MR) is 52.0 cm³/mol. The van der Waals surface area contributed by atoms with Crippen LogP contribution >= 0.6 is 0 Å². The molecule has 1 amide bonds. The van der Waals surface area contributed by atoms with E-state index in [0.717, 1.165) is 32.5 Å². The van der Waals surface area contributed by atoms with Gasteiger partial charge in [0.15, 0.2) is 0 Å². The van der Waals surface area contributed by atoms with Crippen LogP contribution in [0, 0.1) is 5.92 Å². The van der Waals surface area contributed by atoms with Crippen molar-refractivity contribution in [2.24, 2.45) is 17.4 Å². The molecule has 76 valence electrons. The number of amides is 1. The molecule has 0 aromatic carbocycles. The molecule has 0 spiro atoms. The van der Waals surface area contributed by atoms with Crippen LogP contribution in [-0.2, 0) is 4.79 Å². The van der Waals surface area contributed by atoms with E-state index in [1.54, 1.807) is 6.92 Å². The molecule has 0 radical (unpaired) electrons. The number of carbonyl (C=O) groups is 1. The predicted octanol–water partition coefficient (Wildman–Crippen LogP) is -0.469. The van der Waals surface area contributed by atoms with Gasteiger partial charge in [-0.15, -0.1) is 0 Å². The molecule has 0 bridgehead atoms. The summed E-state index contributed by atoms with van der Waals surface area (Å²) in [4.78, 5) is 13.3. The summed E-state index contributed by atoms with van der Waals surface area (Å²) in [7, 11) is 0. The fourth-order valence-electron chi connectivity index (χ4n) is 1.68. The molecule has 1 fully saturated rings. The summed E-state index contributed by atoms with van der Waals surface area (Å²) in [6.07, 6.45) is 2.05. The monoisotopic (exact) mass is 185 g/mol. The average molecular weight is 185 g/mol. The first-order valence-electron chi connectivity index (χ1n) is 4.89. The summed E-state index contributed by atoms with van der Waals surface area (Å²) < 4.78 is 0. The quantitative estimate of drug-likeness (QED) is 0.611. The normalized spacial score (nSPS) is 21.6. The van der Waals surface area contributed by atoms with E-state index in [-0.39, 0.29) is 11.9 Å². The maximum absolute atomic E-state index is 11.5. The first-order valence-corrected chi connectivity index (χ1v) is 4.89. The minimum absolute atomic E-state index is 0.0653.